The fourth-order valence-corrected chi connectivity index (χ4v) is 2.98. The number of fused-ring (bicyclic) bond motifs is 1. The number of guanidine groups is 1. The molecule has 9 nitrogen and oxygen atoms in total. The van der Waals surface area contributed by atoms with Gasteiger partial charge in [0.2, 0.25) is 0 Å². The molecule has 1 atom stereocenters. The van der Waals surface area contributed by atoms with Crippen molar-refractivity contribution in [3.63, 3.8) is 0 Å². The van der Waals surface area contributed by atoms with Gasteiger partial charge in [0.25, 0.3) is 0 Å². The smallest absolute Gasteiger partial charge is 0.191 e. The van der Waals surface area contributed by atoms with E-state index in [1.807, 2.05) is 20.9 Å². The molecule has 0 saturated heterocycles. The van der Waals surface area contributed by atoms with Crippen molar-refractivity contribution in [3.05, 3.63) is 42.6 Å². The first-order valence-corrected chi connectivity index (χ1v) is 10.4. The molecule has 0 radical (unpaired) electrons. The molecular formula is C21H30FIN8O. The predicted molar refractivity (Wildman–Crippen MR) is 135 cm³/mol. The first kappa shape index (κ1) is 25.6. The Labute approximate surface area is 204 Å². The Morgan fingerprint density at radius 1 is 1.22 bits per heavy atom. The Hall–Kier alpha value is -2.70. The van der Waals surface area contributed by atoms with Crippen LogP contribution in [0.3, 0.4) is 0 Å². The minimum absolute atomic E-state index is 0. The molecule has 1 aromatic carbocycles. The van der Waals surface area contributed by atoms with Crippen LogP contribution >= 0.6 is 24.0 Å². The van der Waals surface area contributed by atoms with E-state index in [9.17, 15) is 4.39 Å². The van der Waals surface area contributed by atoms with Gasteiger partial charge in [-0.3, -0.25) is 4.68 Å². The maximum absolute atomic E-state index is 13.4. The molecule has 174 valence electrons. The second-order valence-electron chi connectivity index (χ2n) is 6.91. The van der Waals surface area contributed by atoms with E-state index in [4.69, 9.17) is 4.74 Å². The molecule has 3 rings (SSSR count). The van der Waals surface area contributed by atoms with E-state index in [1.165, 1.54) is 18.5 Å². The monoisotopic (exact) mass is 556 g/mol. The number of benzene rings is 1. The van der Waals surface area contributed by atoms with Crippen molar-refractivity contribution in [3.8, 4) is 5.75 Å². The molecule has 0 fully saturated rings. The van der Waals surface area contributed by atoms with E-state index >= 15 is 0 Å². The summed E-state index contributed by atoms with van der Waals surface area (Å²) in [6.07, 6.45) is 3.89. The van der Waals surface area contributed by atoms with Crippen molar-refractivity contribution >= 4 is 46.8 Å². The van der Waals surface area contributed by atoms with Gasteiger partial charge in [0.05, 0.1) is 18.1 Å². The van der Waals surface area contributed by atoms with Crippen LogP contribution in [0.15, 0.2) is 41.8 Å². The van der Waals surface area contributed by atoms with Crippen molar-refractivity contribution in [1.82, 2.24) is 30.4 Å². The lowest BCUT2D eigenvalue weighted by atomic mass is 10.2. The predicted octanol–water partition coefficient (Wildman–Crippen LogP) is 2.95. The van der Waals surface area contributed by atoms with Gasteiger partial charge in [-0.05, 0) is 25.5 Å². The highest BCUT2D eigenvalue weighted by atomic mass is 127. The first-order chi connectivity index (χ1) is 15.1. The van der Waals surface area contributed by atoms with Crippen LogP contribution in [-0.2, 0) is 7.05 Å². The lowest BCUT2D eigenvalue weighted by molar-refractivity contribution is 0.205. The molecule has 2 aromatic heterocycles. The lowest BCUT2D eigenvalue weighted by Crippen LogP contribution is -2.40. The minimum Gasteiger partial charge on any atom is -0.488 e. The Bertz CT molecular complexity index is 1010. The number of hydrogen-bond acceptors (Lipinski definition) is 6. The van der Waals surface area contributed by atoms with Crippen LogP contribution in [-0.4, -0.2) is 58.0 Å². The van der Waals surface area contributed by atoms with Gasteiger partial charge < -0.3 is 20.7 Å². The van der Waals surface area contributed by atoms with Crippen molar-refractivity contribution in [2.24, 2.45) is 12.0 Å². The molecule has 0 aliphatic heterocycles. The fourth-order valence-electron chi connectivity index (χ4n) is 2.98. The number of rotatable bonds is 10. The topological polar surface area (TPSA) is 101 Å². The number of aromatic nitrogens is 4. The van der Waals surface area contributed by atoms with Crippen molar-refractivity contribution < 1.29 is 9.13 Å². The highest BCUT2D eigenvalue weighted by Gasteiger charge is 2.10. The van der Waals surface area contributed by atoms with Crippen LogP contribution in [0, 0.1) is 5.82 Å². The quantitative estimate of drug-likeness (QED) is 0.153. The average molecular weight is 556 g/mol. The van der Waals surface area contributed by atoms with Crippen molar-refractivity contribution in [2.75, 3.05) is 31.5 Å². The summed E-state index contributed by atoms with van der Waals surface area (Å²) in [5, 5.41) is 14.9. The summed E-state index contributed by atoms with van der Waals surface area (Å²) in [6.45, 7) is 6.50. The van der Waals surface area contributed by atoms with E-state index in [2.05, 4.69) is 36.0 Å². The van der Waals surface area contributed by atoms with Gasteiger partial charge in [0.15, 0.2) is 11.6 Å². The van der Waals surface area contributed by atoms with Crippen LogP contribution < -0.4 is 20.7 Å². The summed E-state index contributed by atoms with van der Waals surface area (Å²) >= 11 is 0. The van der Waals surface area contributed by atoms with Gasteiger partial charge in [0, 0.05) is 32.7 Å². The Balaban J connectivity index is 0.00000363. The molecular weight excluding hydrogens is 526 g/mol. The standard InChI is InChI=1S/C21H29FN8O.HI/c1-4-16(31-17-8-6-7-15(22)11-17)12-26-21(23-5-2)25-10-9-24-19-18-13-29-30(3)20(18)28-14-27-19;/h6-8,11,13-14,16H,4-5,9-10,12H2,1-3H3,(H2,23,25,26)(H,24,27,28);1H. The van der Waals surface area contributed by atoms with E-state index < -0.39 is 0 Å². The maximum atomic E-state index is 13.4. The number of aryl methyl sites for hydroxylation is 1. The molecule has 3 N–H and O–H groups in total. The zero-order chi connectivity index (χ0) is 22.1. The molecule has 0 aliphatic rings. The van der Waals surface area contributed by atoms with Gasteiger partial charge in [-0.2, -0.15) is 5.10 Å². The zero-order valence-electron chi connectivity index (χ0n) is 18.5. The third kappa shape index (κ3) is 7.18. The molecule has 1 unspecified atom stereocenters. The first-order valence-electron chi connectivity index (χ1n) is 10.4. The zero-order valence-corrected chi connectivity index (χ0v) is 20.8. The van der Waals surface area contributed by atoms with Gasteiger partial charge >= 0.3 is 0 Å². The van der Waals surface area contributed by atoms with E-state index in [0.717, 1.165) is 29.8 Å². The Morgan fingerprint density at radius 3 is 2.81 bits per heavy atom. The molecule has 0 amide bonds. The maximum Gasteiger partial charge on any atom is 0.191 e. The molecule has 0 spiro atoms. The number of hydrogen-bond donors (Lipinski definition) is 3. The normalized spacial score (nSPS) is 12.2. The number of anilines is 1. The second kappa shape index (κ2) is 13.0. The van der Waals surface area contributed by atoms with Crippen LogP contribution in [0.25, 0.3) is 11.0 Å². The minimum atomic E-state index is -0.314. The van der Waals surface area contributed by atoms with Gasteiger partial charge in [-0.15, -0.1) is 24.0 Å². The average Bonchev–Trinajstić information content (AvgIpc) is 3.15. The number of halogens is 2. The second-order valence-corrected chi connectivity index (χ2v) is 6.91. The SMILES string of the molecule is CCNC(=NCC(CC)Oc1cccc(F)c1)NCCNc1ncnc2c1cnn2C.I. The van der Waals surface area contributed by atoms with E-state index in [0.29, 0.717) is 31.3 Å². The summed E-state index contributed by atoms with van der Waals surface area (Å²) < 4.78 is 21.0. The molecule has 0 aliphatic carbocycles. The Kier molecular flexibility index (Phi) is 10.4. The summed E-state index contributed by atoms with van der Waals surface area (Å²) in [5.41, 5.74) is 0.782. The molecule has 2 heterocycles. The number of ether oxygens (including phenoxy) is 1. The van der Waals surface area contributed by atoms with Gasteiger partial charge in [-0.25, -0.2) is 19.4 Å². The highest BCUT2D eigenvalue weighted by molar-refractivity contribution is 14.0. The summed E-state index contributed by atoms with van der Waals surface area (Å²) in [6, 6.07) is 6.16. The highest BCUT2D eigenvalue weighted by Crippen LogP contribution is 2.17. The third-order valence-corrected chi connectivity index (χ3v) is 4.59. The summed E-state index contributed by atoms with van der Waals surface area (Å²) in [5.74, 6) is 1.64. The lowest BCUT2D eigenvalue weighted by Gasteiger charge is -2.17. The molecule has 0 saturated carbocycles. The molecule has 0 bridgehead atoms. The Morgan fingerprint density at radius 2 is 2.06 bits per heavy atom. The van der Waals surface area contributed by atoms with Gasteiger partial charge in [0.1, 0.15) is 29.8 Å². The van der Waals surface area contributed by atoms with Crippen LogP contribution in [0.1, 0.15) is 20.3 Å². The van der Waals surface area contributed by atoms with Crippen LogP contribution in [0.4, 0.5) is 10.2 Å². The van der Waals surface area contributed by atoms with E-state index in [1.54, 1.807) is 23.0 Å². The van der Waals surface area contributed by atoms with E-state index in [-0.39, 0.29) is 35.9 Å². The molecule has 3 aromatic rings. The summed E-state index contributed by atoms with van der Waals surface area (Å²) in [4.78, 5) is 13.1. The van der Waals surface area contributed by atoms with Gasteiger partial charge in [-0.1, -0.05) is 13.0 Å². The number of aliphatic imine (C=N–C) groups is 1. The molecule has 32 heavy (non-hydrogen) atoms. The van der Waals surface area contributed by atoms with Crippen molar-refractivity contribution in [2.45, 2.75) is 26.4 Å². The fraction of sp³-hybridized carbons (Fsp3) is 0.429. The van der Waals surface area contributed by atoms with Crippen LogP contribution in [0.2, 0.25) is 0 Å². The number of nitrogens with zero attached hydrogens (tertiary/aromatic N) is 5. The number of nitrogens with one attached hydrogen (secondary N) is 3. The van der Waals surface area contributed by atoms with Crippen molar-refractivity contribution in [1.29, 1.82) is 0 Å². The third-order valence-electron chi connectivity index (χ3n) is 4.59. The van der Waals surface area contributed by atoms with Crippen LogP contribution in [0.5, 0.6) is 5.75 Å². The summed E-state index contributed by atoms with van der Waals surface area (Å²) in [7, 11) is 1.85. The largest absolute Gasteiger partial charge is 0.488 e. The molecule has 11 heteroatoms.